The lowest BCUT2D eigenvalue weighted by molar-refractivity contribution is 0.470. The van der Waals surface area contributed by atoms with Gasteiger partial charge in [0.2, 0.25) is 0 Å². The molecule has 0 aliphatic heterocycles. The molecule has 2 heterocycles. The Hall–Kier alpha value is -3.99. The third kappa shape index (κ3) is 2.59. The number of benzene rings is 3. The molecule has 0 fully saturated rings. The van der Waals surface area contributed by atoms with Crippen LogP contribution in [0.2, 0.25) is 0 Å². The Kier molecular flexibility index (Phi) is 4.29. The number of hydrogen-bond donors (Lipinski definition) is 1. The lowest BCUT2D eigenvalue weighted by atomic mass is 9.77. The van der Waals surface area contributed by atoms with E-state index in [-0.39, 0.29) is 0 Å². The molecule has 0 amide bonds. The second-order valence-electron chi connectivity index (χ2n) is 7.26. The first-order valence-electron chi connectivity index (χ1n) is 9.86. The first-order chi connectivity index (χ1) is 14.7. The normalized spacial score (nSPS) is 11.6. The average Bonchev–Trinajstić information content (AvgIpc) is 3.15. The summed E-state index contributed by atoms with van der Waals surface area (Å²) in [6, 6.07) is 31.2. The zero-order valence-electron chi connectivity index (χ0n) is 16.6. The molecule has 2 aromatic heterocycles. The van der Waals surface area contributed by atoms with E-state index in [1.165, 1.54) is 6.33 Å². The highest BCUT2D eigenvalue weighted by Gasteiger charge is 2.41. The van der Waals surface area contributed by atoms with Crippen LogP contribution in [0.3, 0.4) is 0 Å². The highest BCUT2D eigenvalue weighted by Crippen LogP contribution is 2.42. The molecule has 0 aliphatic rings. The topological polar surface area (TPSA) is 69.6 Å². The molecule has 30 heavy (non-hydrogen) atoms. The number of fused-ring (bicyclic) bond motifs is 1. The SMILES string of the molecule is Cc1nn(C(c2ccccc2)(c2ccccc2)c2ccccc2)c2ncnc(N)c12. The minimum absolute atomic E-state index is 0.437. The smallest absolute Gasteiger partial charge is 0.165 e. The molecule has 146 valence electrons. The van der Waals surface area contributed by atoms with E-state index in [0.717, 1.165) is 27.8 Å². The van der Waals surface area contributed by atoms with E-state index < -0.39 is 5.54 Å². The Morgan fingerprint density at radius 1 is 0.700 bits per heavy atom. The quantitative estimate of drug-likeness (QED) is 0.456. The van der Waals surface area contributed by atoms with Crippen LogP contribution in [0.5, 0.6) is 0 Å². The third-order valence-electron chi connectivity index (χ3n) is 5.56. The molecule has 0 unspecified atom stereocenters. The molecule has 5 aromatic rings. The van der Waals surface area contributed by atoms with Gasteiger partial charge in [0.1, 0.15) is 17.7 Å². The predicted octanol–water partition coefficient (Wildman–Crippen LogP) is 4.56. The number of rotatable bonds is 4. The number of aromatic nitrogens is 4. The maximum atomic E-state index is 6.23. The Morgan fingerprint density at radius 3 is 1.63 bits per heavy atom. The fourth-order valence-corrected chi connectivity index (χ4v) is 4.28. The lowest BCUT2D eigenvalue weighted by Crippen LogP contribution is -2.38. The monoisotopic (exact) mass is 391 g/mol. The summed E-state index contributed by atoms with van der Waals surface area (Å²) in [7, 11) is 0. The predicted molar refractivity (Wildman–Crippen MR) is 119 cm³/mol. The summed E-state index contributed by atoms with van der Waals surface area (Å²) in [4.78, 5) is 8.81. The molecule has 0 spiro atoms. The number of hydrogen-bond acceptors (Lipinski definition) is 4. The molecule has 0 saturated carbocycles. The zero-order chi connectivity index (χ0) is 20.6. The molecule has 2 N–H and O–H groups in total. The van der Waals surface area contributed by atoms with E-state index in [4.69, 9.17) is 10.8 Å². The van der Waals surface area contributed by atoms with Crippen molar-refractivity contribution in [2.24, 2.45) is 0 Å². The van der Waals surface area contributed by atoms with Crippen molar-refractivity contribution < 1.29 is 0 Å². The van der Waals surface area contributed by atoms with Crippen LogP contribution in [0.1, 0.15) is 22.4 Å². The van der Waals surface area contributed by atoms with E-state index in [1.807, 2.05) is 29.8 Å². The molecule has 0 radical (unpaired) electrons. The van der Waals surface area contributed by atoms with Gasteiger partial charge in [-0.05, 0) is 23.6 Å². The van der Waals surface area contributed by atoms with Crippen LogP contribution in [0.4, 0.5) is 5.82 Å². The molecule has 3 aromatic carbocycles. The van der Waals surface area contributed by atoms with Crippen molar-refractivity contribution in [2.45, 2.75) is 12.5 Å². The van der Waals surface area contributed by atoms with Crippen molar-refractivity contribution in [3.8, 4) is 0 Å². The van der Waals surface area contributed by atoms with Gasteiger partial charge in [0.05, 0.1) is 11.1 Å². The average molecular weight is 391 g/mol. The van der Waals surface area contributed by atoms with Crippen LogP contribution >= 0.6 is 0 Å². The van der Waals surface area contributed by atoms with E-state index >= 15 is 0 Å². The highest BCUT2D eigenvalue weighted by atomic mass is 15.4. The van der Waals surface area contributed by atoms with Gasteiger partial charge in [0.15, 0.2) is 5.65 Å². The molecule has 5 rings (SSSR count). The maximum Gasteiger partial charge on any atom is 0.165 e. The highest BCUT2D eigenvalue weighted by molar-refractivity contribution is 5.88. The number of aryl methyl sites for hydroxylation is 1. The largest absolute Gasteiger partial charge is 0.383 e. The third-order valence-corrected chi connectivity index (χ3v) is 5.56. The first-order valence-corrected chi connectivity index (χ1v) is 9.86. The summed E-state index contributed by atoms with van der Waals surface area (Å²) < 4.78 is 2.00. The molecule has 0 saturated heterocycles. The van der Waals surface area contributed by atoms with Crippen molar-refractivity contribution in [2.75, 3.05) is 5.73 Å². The molecule has 5 nitrogen and oxygen atoms in total. The van der Waals surface area contributed by atoms with Gasteiger partial charge in [-0.15, -0.1) is 0 Å². The second kappa shape index (κ2) is 7.12. The fourth-order valence-electron chi connectivity index (χ4n) is 4.28. The van der Waals surface area contributed by atoms with Gasteiger partial charge in [-0.2, -0.15) is 5.10 Å². The molecule has 0 bridgehead atoms. The minimum Gasteiger partial charge on any atom is -0.383 e. The van der Waals surface area contributed by atoms with Gasteiger partial charge in [-0.1, -0.05) is 91.0 Å². The first kappa shape index (κ1) is 18.1. The summed E-state index contributed by atoms with van der Waals surface area (Å²) >= 11 is 0. The second-order valence-corrected chi connectivity index (χ2v) is 7.26. The maximum absolute atomic E-state index is 6.23. The Morgan fingerprint density at radius 2 is 1.17 bits per heavy atom. The Bertz CT molecular complexity index is 1200. The molecule has 0 aliphatic carbocycles. The van der Waals surface area contributed by atoms with E-state index in [1.54, 1.807) is 0 Å². The number of anilines is 1. The summed E-state index contributed by atoms with van der Waals surface area (Å²) in [5.41, 5.74) is 10.3. The summed E-state index contributed by atoms with van der Waals surface area (Å²) in [5, 5.41) is 5.77. The van der Waals surface area contributed by atoms with Crippen LogP contribution in [0, 0.1) is 6.92 Å². The van der Waals surface area contributed by atoms with E-state index in [0.29, 0.717) is 11.5 Å². The van der Waals surface area contributed by atoms with Gasteiger partial charge in [-0.25, -0.2) is 14.6 Å². The molecular formula is C25H21N5. The van der Waals surface area contributed by atoms with Crippen molar-refractivity contribution in [1.82, 2.24) is 19.7 Å². The van der Waals surface area contributed by atoms with Crippen LogP contribution in [-0.2, 0) is 5.54 Å². The summed E-state index contributed by atoms with van der Waals surface area (Å²) in [6.45, 7) is 1.95. The van der Waals surface area contributed by atoms with Gasteiger partial charge in [0.25, 0.3) is 0 Å². The van der Waals surface area contributed by atoms with Gasteiger partial charge in [0, 0.05) is 0 Å². The Labute approximate surface area is 174 Å². The standard InChI is InChI=1S/C25H21N5/c1-18-22-23(26)27-17-28-24(22)30(29-18)25(19-11-5-2-6-12-19,20-13-7-3-8-14-20)21-15-9-4-10-16-21/h2-17H,1H3,(H2,26,27,28). The van der Waals surface area contributed by atoms with Crippen molar-refractivity contribution >= 4 is 16.9 Å². The van der Waals surface area contributed by atoms with Gasteiger partial charge in [-0.3, -0.25) is 0 Å². The van der Waals surface area contributed by atoms with Crippen molar-refractivity contribution in [1.29, 1.82) is 0 Å². The van der Waals surface area contributed by atoms with Gasteiger partial charge >= 0.3 is 0 Å². The van der Waals surface area contributed by atoms with Crippen LogP contribution < -0.4 is 5.73 Å². The molecule has 0 atom stereocenters. The number of nitrogens with two attached hydrogens (primary N) is 1. The summed E-state index contributed by atoms with van der Waals surface area (Å²) in [6.07, 6.45) is 1.50. The van der Waals surface area contributed by atoms with E-state index in [9.17, 15) is 0 Å². The van der Waals surface area contributed by atoms with Crippen molar-refractivity contribution in [3.63, 3.8) is 0 Å². The minimum atomic E-state index is -0.725. The molecular weight excluding hydrogens is 370 g/mol. The van der Waals surface area contributed by atoms with E-state index in [2.05, 4.69) is 82.8 Å². The van der Waals surface area contributed by atoms with Crippen LogP contribution in [0.25, 0.3) is 11.0 Å². The fraction of sp³-hybridized carbons (Fsp3) is 0.0800. The number of nitrogen functional groups attached to an aromatic ring is 1. The van der Waals surface area contributed by atoms with Crippen LogP contribution in [0.15, 0.2) is 97.3 Å². The van der Waals surface area contributed by atoms with Crippen LogP contribution in [-0.4, -0.2) is 19.7 Å². The van der Waals surface area contributed by atoms with Gasteiger partial charge < -0.3 is 5.73 Å². The molecule has 5 heteroatoms. The zero-order valence-corrected chi connectivity index (χ0v) is 16.6. The Balaban J connectivity index is 2.00. The number of nitrogens with zero attached hydrogens (tertiary/aromatic N) is 4. The lowest BCUT2D eigenvalue weighted by Gasteiger charge is -2.36. The summed E-state index contributed by atoms with van der Waals surface area (Å²) in [5.74, 6) is 0.437. The van der Waals surface area contributed by atoms with Crippen molar-refractivity contribution in [3.05, 3.63) is 120 Å².